The third kappa shape index (κ3) is 3.71. The Morgan fingerprint density at radius 1 is 0.926 bits per heavy atom. The van der Waals surface area contributed by atoms with Crippen LogP contribution in [0.15, 0.2) is 54.6 Å². The van der Waals surface area contributed by atoms with E-state index in [0.717, 1.165) is 38.0 Å². The molecule has 27 heavy (non-hydrogen) atoms. The van der Waals surface area contributed by atoms with Crippen LogP contribution in [0.2, 0.25) is 0 Å². The summed E-state index contributed by atoms with van der Waals surface area (Å²) in [7, 11) is 0. The number of amides is 3. The smallest absolute Gasteiger partial charge is 0.312 e. The summed E-state index contributed by atoms with van der Waals surface area (Å²) in [5, 5.41) is 0. The molecule has 2 fully saturated rings. The molecule has 0 radical (unpaired) electrons. The summed E-state index contributed by atoms with van der Waals surface area (Å²) < 4.78 is 13.0. The van der Waals surface area contributed by atoms with Crippen molar-refractivity contribution in [2.24, 2.45) is 0 Å². The molecule has 0 atom stereocenters. The number of imide groups is 1. The second-order valence-corrected chi connectivity index (χ2v) is 7.11. The number of benzene rings is 2. The van der Waals surface area contributed by atoms with Crippen molar-refractivity contribution in [3.8, 4) is 0 Å². The van der Waals surface area contributed by atoms with E-state index in [1.54, 1.807) is 17.0 Å². The maximum Gasteiger partial charge on any atom is 0.332 e. The molecule has 0 N–H and O–H groups in total. The zero-order valence-electron chi connectivity index (χ0n) is 15.1. The molecule has 140 valence electrons. The zero-order chi connectivity index (χ0) is 18.8. The van der Waals surface area contributed by atoms with Crippen LogP contribution in [-0.4, -0.2) is 47.4 Å². The molecular formula is C21H22FN3O2. The number of hydrogen-bond donors (Lipinski definition) is 0. The Labute approximate surface area is 158 Å². The number of rotatable bonds is 4. The number of nitrogens with zero attached hydrogens (tertiary/aromatic N) is 3. The lowest BCUT2D eigenvalue weighted by atomic mass is 10.0. The third-order valence-electron chi connectivity index (χ3n) is 5.32. The highest BCUT2D eigenvalue weighted by Crippen LogP contribution is 2.26. The van der Waals surface area contributed by atoms with Gasteiger partial charge in [-0.2, -0.15) is 0 Å². The van der Waals surface area contributed by atoms with Gasteiger partial charge in [0.2, 0.25) is 0 Å². The number of anilines is 1. The van der Waals surface area contributed by atoms with E-state index >= 15 is 0 Å². The van der Waals surface area contributed by atoms with E-state index in [4.69, 9.17) is 0 Å². The lowest BCUT2D eigenvalue weighted by molar-refractivity contribution is -0.116. The largest absolute Gasteiger partial charge is 0.332 e. The second-order valence-electron chi connectivity index (χ2n) is 7.11. The number of halogens is 1. The Kier molecular flexibility index (Phi) is 4.90. The van der Waals surface area contributed by atoms with Gasteiger partial charge in [-0.15, -0.1) is 0 Å². The molecule has 0 spiro atoms. The van der Waals surface area contributed by atoms with Gasteiger partial charge in [0.1, 0.15) is 12.4 Å². The standard InChI is InChI=1S/C21H22FN3O2/c22-17-8-6-16(7-9-17)14-23-12-10-18(11-13-23)24-15-20(26)25(21(24)27)19-4-2-1-3-5-19/h1-9,18H,10-15H2. The second kappa shape index (κ2) is 7.48. The fourth-order valence-corrected chi connectivity index (χ4v) is 3.87. The number of carbonyl (C=O) groups is 2. The quantitative estimate of drug-likeness (QED) is 0.779. The lowest BCUT2D eigenvalue weighted by Crippen LogP contribution is -2.46. The highest BCUT2D eigenvalue weighted by molar-refractivity contribution is 6.19. The van der Waals surface area contributed by atoms with Crippen molar-refractivity contribution in [3.05, 3.63) is 66.0 Å². The van der Waals surface area contributed by atoms with E-state index in [2.05, 4.69) is 4.90 Å². The van der Waals surface area contributed by atoms with Crippen LogP contribution >= 0.6 is 0 Å². The summed E-state index contributed by atoms with van der Waals surface area (Å²) in [5.74, 6) is -0.391. The number of hydrogen-bond acceptors (Lipinski definition) is 3. The molecule has 0 bridgehead atoms. The number of para-hydroxylation sites is 1. The monoisotopic (exact) mass is 367 g/mol. The summed E-state index contributed by atoms with van der Waals surface area (Å²) in [6.45, 7) is 2.63. The van der Waals surface area contributed by atoms with Crippen molar-refractivity contribution < 1.29 is 14.0 Å². The summed E-state index contributed by atoms with van der Waals surface area (Å²) in [6.07, 6.45) is 1.67. The molecule has 0 saturated carbocycles. The predicted molar refractivity (Wildman–Crippen MR) is 101 cm³/mol. The molecule has 2 aliphatic heterocycles. The first-order valence-electron chi connectivity index (χ1n) is 9.27. The van der Waals surface area contributed by atoms with Crippen LogP contribution < -0.4 is 4.90 Å². The minimum absolute atomic E-state index is 0.0830. The molecule has 2 aromatic rings. The summed E-state index contributed by atoms with van der Waals surface area (Å²) in [6, 6.07) is 15.5. The highest BCUT2D eigenvalue weighted by Gasteiger charge is 2.41. The van der Waals surface area contributed by atoms with E-state index in [0.29, 0.717) is 5.69 Å². The number of piperidine rings is 1. The molecular weight excluding hydrogens is 345 g/mol. The van der Waals surface area contributed by atoms with Gasteiger partial charge in [-0.3, -0.25) is 9.69 Å². The van der Waals surface area contributed by atoms with Crippen LogP contribution in [0.3, 0.4) is 0 Å². The molecule has 4 rings (SSSR count). The van der Waals surface area contributed by atoms with E-state index < -0.39 is 0 Å². The predicted octanol–water partition coefficient (Wildman–Crippen LogP) is 3.26. The van der Waals surface area contributed by atoms with Gasteiger partial charge < -0.3 is 4.90 Å². The van der Waals surface area contributed by atoms with Crippen LogP contribution in [0.5, 0.6) is 0 Å². The fraction of sp³-hybridized carbons (Fsp3) is 0.333. The Balaban J connectivity index is 1.36. The van der Waals surface area contributed by atoms with E-state index in [-0.39, 0.29) is 30.3 Å². The van der Waals surface area contributed by atoms with Crippen molar-refractivity contribution in [2.45, 2.75) is 25.4 Å². The van der Waals surface area contributed by atoms with Gasteiger partial charge in [0.25, 0.3) is 5.91 Å². The molecule has 0 aliphatic carbocycles. The summed E-state index contributed by atoms with van der Waals surface area (Å²) in [4.78, 5) is 30.5. The van der Waals surface area contributed by atoms with E-state index in [1.165, 1.54) is 17.0 Å². The molecule has 5 nitrogen and oxygen atoms in total. The van der Waals surface area contributed by atoms with Gasteiger partial charge in [0, 0.05) is 25.7 Å². The van der Waals surface area contributed by atoms with Crippen LogP contribution in [0.4, 0.5) is 14.9 Å². The molecule has 3 amide bonds. The number of urea groups is 1. The molecule has 2 aromatic carbocycles. The van der Waals surface area contributed by atoms with Crippen molar-refractivity contribution >= 4 is 17.6 Å². The first-order chi connectivity index (χ1) is 13.1. The van der Waals surface area contributed by atoms with Crippen LogP contribution in [0.25, 0.3) is 0 Å². The van der Waals surface area contributed by atoms with Gasteiger partial charge in [-0.05, 0) is 42.7 Å². The normalized spacial score (nSPS) is 19.1. The topological polar surface area (TPSA) is 43.9 Å². The molecule has 2 saturated heterocycles. The minimum atomic E-state index is -0.224. The molecule has 2 heterocycles. The Morgan fingerprint density at radius 3 is 2.26 bits per heavy atom. The van der Waals surface area contributed by atoms with Crippen molar-refractivity contribution in [2.75, 3.05) is 24.5 Å². The van der Waals surface area contributed by atoms with Crippen LogP contribution in [-0.2, 0) is 11.3 Å². The molecule has 6 heteroatoms. The van der Waals surface area contributed by atoms with Gasteiger partial charge in [0.15, 0.2) is 0 Å². The number of likely N-dealkylation sites (tertiary alicyclic amines) is 1. The highest BCUT2D eigenvalue weighted by atomic mass is 19.1. The fourth-order valence-electron chi connectivity index (χ4n) is 3.87. The average molecular weight is 367 g/mol. The van der Waals surface area contributed by atoms with Crippen molar-refractivity contribution in [3.63, 3.8) is 0 Å². The maximum absolute atomic E-state index is 13.0. The van der Waals surface area contributed by atoms with Gasteiger partial charge in [-0.1, -0.05) is 30.3 Å². The average Bonchev–Trinajstić information content (AvgIpc) is 2.99. The Morgan fingerprint density at radius 2 is 1.59 bits per heavy atom. The van der Waals surface area contributed by atoms with Crippen LogP contribution in [0.1, 0.15) is 18.4 Å². The van der Waals surface area contributed by atoms with E-state index in [1.807, 2.05) is 30.3 Å². The van der Waals surface area contributed by atoms with Crippen molar-refractivity contribution in [1.29, 1.82) is 0 Å². The van der Waals surface area contributed by atoms with Gasteiger partial charge >= 0.3 is 6.03 Å². The molecule has 0 aromatic heterocycles. The third-order valence-corrected chi connectivity index (χ3v) is 5.32. The van der Waals surface area contributed by atoms with E-state index in [9.17, 15) is 14.0 Å². The Bertz CT molecular complexity index is 817. The zero-order valence-corrected chi connectivity index (χ0v) is 15.1. The summed E-state index contributed by atoms with van der Waals surface area (Å²) >= 11 is 0. The summed E-state index contributed by atoms with van der Waals surface area (Å²) in [5.41, 5.74) is 1.71. The number of carbonyl (C=O) groups excluding carboxylic acids is 2. The maximum atomic E-state index is 13.0. The molecule has 2 aliphatic rings. The molecule has 0 unspecified atom stereocenters. The SMILES string of the molecule is O=C1CN(C2CCN(Cc3ccc(F)cc3)CC2)C(=O)N1c1ccccc1. The first-order valence-corrected chi connectivity index (χ1v) is 9.27. The first kappa shape index (κ1) is 17.7. The minimum Gasteiger partial charge on any atom is -0.312 e. The van der Waals surface area contributed by atoms with Gasteiger partial charge in [0.05, 0.1) is 5.69 Å². The van der Waals surface area contributed by atoms with Gasteiger partial charge in [-0.25, -0.2) is 14.1 Å². The van der Waals surface area contributed by atoms with Crippen molar-refractivity contribution in [1.82, 2.24) is 9.80 Å². The van der Waals surface area contributed by atoms with Crippen LogP contribution in [0, 0.1) is 5.82 Å². The Hall–Kier alpha value is -2.73. The lowest BCUT2D eigenvalue weighted by Gasteiger charge is -2.36.